The Balaban J connectivity index is 1.80. The van der Waals surface area contributed by atoms with Gasteiger partial charge in [0.25, 0.3) is 0 Å². The first kappa shape index (κ1) is 15.0. The van der Waals surface area contributed by atoms with Crippen molar-refractivity contribution in [1.82, 2.24) is 10.2 Å². The maximum atomic E-state index is 3.67. The second kappa shape index (κ2) is 6.47. The standard InChI is InChI=1S/C16H25BrN2S/c1-18-14(12-13-6-7-15(17)20-13)16(8-2-3-9-16)19-10-4-5-11-19/h6-7,14,18H,2-5,8-12H2,1H3. The summed E-state index contributed by atoms with van der Waals surface area (Å²) in [5.41, 5.74) is 0.418. The van der Waals surface area contributed by atoms with Crippen LogP contribution in [0.15, 0.2) is 15.9 Å². The van der Waals surface area contributed by atoms with Crippen LogP contribution < -0.4 is 5.32 Å². The van der Waals surface area contributed by atoms with Crippen molar-refractivity contribution < 1.29 is 0 Å². The number of thiophene rings is 1. The van der Waals surface area contributed by atoms with Crippen molar-refractivity contribution in [1.29, 1.82) is 0 Å². The average molecular weight is 357 g/mol. The molecule has 1 atom stereocenters. The van der Waals surface area contributed by atoms with E-state index in [0.29, 0.717) is 11.6 Å². The van der Waals surface area contributed by atoms with Crippen molar-refractivity contribution in [2.75, 3.05) is 20.1 Å². The van der Waals surface area contributed by atoms with Crippen LogP contribution in [0.25, 0.3) is 0 Å². The molecule has 112 valence electrons. The molecule has 4 heteroatoms. The molecule has 1 aromatic rings. The highest BCUT2D eigenvalue weighted by Crippen LogP contribution is 2.41. The Bertz CT molecular complexity index is 433. The Morgan fingerprint density at radius 2 is 1.95 bits per heavy atom. The molecule has 3 rings (SSSR count). The minimum Gasteiger partial charge on any atom is -0.315 e. The van der Waals surface area contributed by atoms with Crippen LogP contribution in [0.2, 0.25) is 0 Å². The quantitative estimate of drug-likeness (QED) is 0.855. The highest BCUT2D eigenvalue weighted by molar-refractivity contribution is 9.11. The van der Waals surface area contributed by atoms with Gasteiger partial charge in [0.15, 0.2) is 0 Å². The van der Waals surface area contributed by atoms with Gasteiger partial charge < -0.3 is 5.32 Å². The minimum absolute atomic E-state index is 0.418. The van der Waals surface area contributed by atoms with E-state index in [-0.39, 0.29) is 0 Å². The van der Waals surface area contributed by atoms with Gasteiger partial charge in [-0.3, -0.25) is 4.90 Å². The minimum atomic E-state index is 0.418. The predicted molar refractivity (Wildman–Crippen MR) is 90.6 cm³/mol. The maximum Gasteiger partial charge on any atom is 0.0701 e. The number of nitrogens with one attached hydrogen (secondary N) is 1. The molecule has 1 aliphatic heterocycles. The van der Waals surface area contributed by atoms with Crippen molar-refractivity contribution in [2.24, 2.45) is 0 Å². The number of rotatable bonds is 5. The van der Waals surface area contributed by atoms with Crippen molar-refractivity contribution in [3.63, 3.8) is 0 Å². The first-order valence-corrected chi connectivity index (χ1v) is 9.52. The molecule has 0 bridgehead atoms. The van der Waals surface area contributed by atoms with Gasteiger partial charge in [-0.1, -0.05) is 12.8 Å². The fourth-order valence-corrected chi connectivity index (χ4v) is 5.79. The van der Waals surface area contributed by atoms with Gasteiger partial charge in [-0.05, 0) is 80.3 Å². The van der Waals surface area contributed by atoms with E-state index in [4.69, 9.17) is 0 Å². The summed E-state index contributed by atoms with van der Waals surface area (Å²) in [5, 5.41) is 3.67. The van der Waals surface area contributed by atoms with Gasteiger partial charge >= 0.3 is 0 Å². The predicted octanol–water partition coefficient (Wildman–Crippen LogP) is 4.05. The van der Waals surface area contributed by atoms with Gasteiger partial charge in [0.05, 0.1) is 3.79 Å². The molecule has 0 spiro atoms. The zero-order valence-electron chi connectivity index (χ0n) is 12.3. The first-order valence-electron chi connectivity index (χ1n) is 7.91. The molecule has 20 heavy (non-hydrogen) atoms. The lowest BCUT2D eigenvalue weighted by molar-refractivity contribution is 0.0801. The third-order valence-corrected chi connectivity index (χ3v) is 6.88. The molecule has 1 aliphatic carbocycles. The van der Waals surface area contributed by atoms with Gasteiger partial charge in [-0.2, -0.15) is 0 Å². The Labute approximate surface area is 135 Å². The van der Waals surface area contributed by atoms with E-state index >= 15 is 0 Å². The zero-order valence-corrected chi connectivity index (χ0v) is 14.7. The molecule has 0 aromatic carbocycles. The lowest BCUT2D eigenvalue weighted by Gasteiger charge is -2.45. The molecular formula is C16H25BrN2S. The van der Waals surface area contributed by atoms with Crippen LogP contribution in [0.5, 0.6) is 0 Å². The summed E-state index contributed by atoms with van der Waals surface area (Å²) in [6.07, 6.45) is 9.52. The van der Waals surface area contributed by atoms with Crippen molar-refractivity contribution in [3.8, 4) is 0 Å². The number of likely N-dealkylation sites (N-methyl/N-ethyl adjacent to an activating group) is 1. The normalized spacial score (nSPS) is 24.3. The molecule has 2 heterocycles. The van der Waals surface area contributed by atoms with Crippen LogP contribution >= 0.6 is 27.3 Å². The van der Waals surface area contributed by atoms with Gasteiger partial charge in [-0.25, -0.2) is 0 Å². The van der Waals surface area contributed by atoms with Crippen LogP contribution in [0.1, 0.15) is 43.4 Å². The number of nitrogens with zero attached hydrogens (tertiary/aromatic N) is 1. The lowest BCUT2D eigenvalue weighted by atomic mass is 9.84. The lowest BCUT2D eigenvalue weighted by Crippen LogP contribution is -2.59. The number of hydrogen-bond donors (Lipinski definition) is 1. The third kappa shape index (κ3) is 2.85. The average Bonchev–Trinajstić information content (AvgIpc) is 3.17. The van der Waals surface area contributed by atoms with Gasteiger partial charge in [0, 0.05) is 16.5 Å². The largest absolute Gasteiger partial charge is 0.315 e. The highest BCUT2D eigenvalue weighted by Gasteiger charge is 2.45. The first-order chi connectivity index (χ1) is 9.74. The van der Waals surface area contributed by atoms with E-state index in [0.717, 1.165) is 0 Å². The molecule has 0 radical (unpaired) electrons. The monoisotopic (exact) mass is 356 g/mol. The Morgan fingerprint density at radius 1 is 1.25 bits per heavy atom. The summed E-state index contributed by atoms with van der Waals surface area (Å²) >= 11 is 5.48. The molecule has 1 unspecified atom stereocenters. The summed E-state index contributed by atoms with van der Waals surface area (Å²) < 4.78 is 1.25. The smallest absolute Gasteiger partial charge is 0.0701 e. The Kier molecular flexibility index (Phi) is 4.86. The zero-order chi connectivity index (χ0) is 14.0. The van der Waals surface area contributed by atoms with E-state index in [1.54, 1.807) is 0 Å². The van der Waals surface area contributed by atoms with Gasteiger partial charge in [-0.15, -0.1) is 11.3 Å². The molecular weight excluding hydrogens is 332 g/mol. The van der Waals surface area contributed by atoms with E-state index in [2.05, 4.69) is 45.3 Å². The fourth-order valence-electron chi connectivity index (χ4n) is 4.26. The topological polar surface area (TPSA) is 15.3 Å². The molecule has 1 N–H and O–H groups in total. The molecule has 2 nitrogen and oxygen atoms in total. The SMILES string of the molecule is CNC(Cc1ccc(Br)s1)C1(N2CCCC2)CCCC1. The van der Waals surface area contributed by atoms with E-state index in [1.807, 2.05) is 11.3 Å². The van der Waals surface area contributed by atoms with Gasteiger partial charge in [0.1, 0.15) is 0 Å². The molecule has 1 aromatic heterocycles. The van der Waals surface area contributed by atoms with Crippen LogP contribution in [-0.4, -0.2) is 36.6 Å². The third-order valence-electron chi connectivity index (χ3n) is 5.24. The van der Waals surface area contributed by atoms with E-state index in [1.165, 1.54) is 66.7 Å². The molecule has 0 amide bonds. The van der Waals surface area contributed by atoms with Crippen molar-refractivity contribution >= 4 is 27.3 Å². The molecule has 2 fully saturated rings. The summed E-state index contributed by atoms with van der Waals surface area (Å²) in [7, 11) is 2.16. The van der Waals surface area contributed by atoms with E-state index in [9.17, 15) is 0 Å². The maximum absolute atomic E-state index is 3.67. The Hall–Kier alpha value is 0.1000. The Morgan fingerprint density at radius 3 is 2.50 bits per heavy atom. The second-order valence-electron chi connectivity index (χ2n) is 6.26. The van der Waals surface area contributed by atoms with Crippen LogP contribution in [0.3, 0.4) is 0 Å². The molecule has 1 saturated carbocycles. The van der Waals surface area contributed by atoms with Crippen LogP contribution in [0.4, 0.5) is 0 Å². The van der Waals surface area contributed by atoms with Gasteiger partial charge in [0.2, 0.25) is 0 Å². The summed E-state index contributed by atoms with van der Waals surface area (Å²) in [6, 6.07) is 5.06. The summed E-state index contributed by atoms with van der Waals surface area (Å²) in [6.45, 7) is 2.62. The van der Waals surface area contributed by atoms with Crippen molar-refractivity contribution in [2.45, 2.75) is 56.5 Å². The number of hydrogen-bond acceptors (Lipinski definition) is 3. The number of likely N-dealkylation sites (tertiary alicyclic amines) is 1. The molecule has 1 saturated heterocycles. The molecule has 2 aliphatic rings. The van der Waals surface area contributed by atoms with Crippen molar-refractivity contribution in [3.05, 3.63) is 20.8 Å². The second-order valence-corrected chi connectivity index (χ2v) is 8.80. The summed E-state index contributed by atoms with van der Waals surface area (Å²) in [4.78, 5) is 4.31. The van der Waals surface area contributed by atoms with Crippen LogP contribution in [-0.2, 0) is 6.42 Å². The fraction of sp³-hybridized carbons (Fsp3) is 0.750. The number of halogens is 1. The van der Waals surface area contributed by atoms with E-state index < -0.39 is 0 Å². The summed E-state index contributed by atoms with van der Waals surface area (Å²) in [5.74, 6) is 0. The highest BCUT2D eigenvalue weighted by atomic mass is 79.9. The van der Waals surface area contributed by atoms with Crippen LogP contribution in [0, 0.1) is 0 Å².